The number of piperidine rings is 1. The smallest absolute Gasteiger partial charge is 0.274 e. The lowest BCUT2D eigenvalue weighted by atomic mass is 10.1. The van der Waals surface area contributed by atoms with Gasteiger partial charge in [-0.25, -0.2) is 4.98 Å². The molecule has 0 aromatic carbocycles. The molecule has 0 spiro atoms. The van der Waals surface area contributed by atoms with Crippen LogP contribution < -0.4 is 0 Å². The molecule has 1 amide bonds. The molecule has 2 aromatic rings. The van der Waals surface area contributed by atoms with Crippen molar-refractivity contribution in [1.82, 2.24) is 25.0 Å². The van der Waals surface area contributed by atoms with Gasteiger partial charge >= 0.3 is 0 Å². The van der Waals surface area contributed by atoms with Crippen molar-refractivity contribution in [2.24, 2.45) is 0 Å². The Balaban J connectivity index is 1.47. The molecule has 1 fully saturated rings. The fourth-order valence-electron chi connectivity index (χ4n) is 2.38. The first kappa shape index (κ1) is 14.6. The van der Waals surface area contributed by atoms with Gasteiger partial charge < -0.3 is 14.2 Å². The third kappa shape index (κ3) is 3.45. The van der Waals surface area contributed by atoms with Gasteiger partial charge in [0, 0.05) is 25.5 Å². The maximum atomic E-state index is 12.2. The van der Waals surface area contributed by atoms with Crippen LogP contribution in [0, 0.1) is 6.92 Å². The predicted molar refractivity (Wildman–Crippen MR) is 74.8 cm³/mol. The second-order valence-electron chi connectivity index (χ2n) is 5.13. The molecular formula is C14H17N5O3. The highest BCUT2D eigenvalue weighted by Gasteiger charge is 2.25. The number of carbonyl (C=O) groups is 1. The first-order valence-electron chi connectivity index (χ1n) is 7.18. The van der Waals surface area contributed by atoms with Crippen LogP contribution in [0.5, 0.6) is 0 Å². The summed E-state index contributed by atoms with van der Waals surface area (Å²) in [5.41, 5.74) is 0.378. The molecule has 0 aliphatic carbocycles. The molecule has 3 heterocycles. The molecule has 8 nitrogen and oxygen atoms in total. The van der Waals surface area contributed by atoms with Crippen molar-refractivity contribution in [2.45, 2.75) is 32.5 Å². The number of aromatic nitrogens is 4. The van der Waals surface area contributed by atoms with E-state index < -0.39 is 0 Å². The number of amides is 1. The molecule has 22 heavy (non-hydrogen) atoms. The van der Waals surface area contributed by atoms with Crippen LogP contribution in [-0.2, 0) is 11.3 Å². The van der Waals surface area contributed by atoms with Crippen molar-refractivity contribution in [1.29, 1.82) is 0 Å². The lowest BCUT2D eigenvalue weighted by Gasteiger charge is -2.31. The Morgan fingerprint density at radius 3 is 2.86 bits per heavy atom. The van der Waals surface area contributed by atoms with Crippen molar-refractivity contribution in [3.8, 4) is 0 Å². The highest BCUT2D eigenvalue weighted by atomic mass is 16.5. The second-order valence-corrected chi connectivity index (χ2v) is 5.13. The van der Waals surface area contributed by atoms with E-state index in [9.17, 15) is 4.79 Å². The first-order chi connectivity index (χ1) is 10.7. The van der Waals surface area contributed by atoms with Gasteiger partial charge in [0.25, 0.3) is 11.8 Å². The van der Waals surface area contributed by atoms with E-state index in [1.54, 1.807) is 18.0 Å². The van der Waals surface area contributed by atoms with Gasteiger partial charge in [0.15, 0.2) is 5.82 Å². The number of ether oxygens (including phenoxy) is 1. The van der Waals surface area contributed by atoms with Crippen LogP contribution in [-0.4, -0.2) is 50.1 Å². The zero-order valence-corrected chi connectivity index (χ0v) is 12.3. The highest BCUT2D eigenvalue weighted by molar-refractivity contribution is 5.92. The Morgan fingerprint density at radius 1 is 1.41 bits per heavy atom. The maximum Gasteiger partial charge on any atom is 0.274 e. The molecule has 0 unspecified atom stereocenters. The molecular weight excluding hydrogens is 286 g/mol. The molecule has 116 valence electrons. The van der Waals surface area contributed by atoms with Gasteiger partial charge in [-0.1, -0.05) is 5.16 Å². The van der Waals surface area contributed by atoms with Crippen LogP contribution in [0.1, 0.15) is 35.0 Å². The van der Waals surface area contributed by atoms with E-state index in [0.29, 0.717) is 37.1 Å². The molecule has 0 atom stereocenters. The number of carbonyl (C=O) groups excluding carboxylic acids is 1. The number of likely N-dealkylation sites (tertiary alicyclic amines) is 1. The van der Waals surface area contributed by atoms with E-state index in [2.05, 4.69) is 20.1 Å². The Morgan fingerprint density at radius 2 is 2.23 bits per heavy atom. The minimum atomic E-state index is -0.0842. The summed E-state index contributed by atoms with van der Waals surface area (Å²) >= 11 is 0. The number of rotatable bonds is 4. The first-order valence-corrected chi connectivity index (χ1v) is 7.18. The van der Waals surface area contributed by atoms with Gasteiger partial charge in [-0.15, -0.1) is 0 Å². The van der Waals surface area contributed by atoms with Crippen LogP contribution in [0.15, 0.2) is 23.1 Å². The lowest BCUT2D eigenvalue weighted by Crippen LogP contribution is -2.41. The molecule has 0 N–H and O–H groups in total. The average molecular weight is 303 g/mol. The predicted octanol–water partition coefficient (Wildman–Crippen LogP) is 0.989. The SMILES string of the molecule is Cc1noc(COC2CCN(C(=O)c3cnccn3)CC2)n1. The van der Waals surface area contributed by atoms with Crippen LogP contribution in [0.4, 0.5) is 0 Å². The molecule has 0 bridgehead atoms. The summed E-state index contributed by atoms with van der Waals surface area (Å²) < 4.78 is 10.8. The Hall–Kier alpha value is -2.35. The van der Waals surface area contributed by atoms with Crippen molar-refractivity contribution in [2.75, 3.05) is 13.1 Å². The fraction of sp³-hybridized carbons (Fsp3) is 0.500. The van der Waals surface area contributed by atoms with E-state index in [1.807, 2.05) is 0 Å². The average Bonchev–Trinajstić information content (AvgIpc) is 2.99. The fourth-order valence-corrected chi connectivity index (χ4v) is 2.38. The number of aryl methyl sites for hydroxylation is 1. The molecule has 1 aliphatic rings. The summed E-state index contributed by atoms with van der Waals surface area (Å²) in [6.07, 6.45) is 6.21. The quantitative estimate of drug-likeness (QED) is 0.831. The van der Waals surface area contributed by atoms with Gasteiger partial charge in [0.1, 0.15) is 12.3 Å². The van der Waals surface area contributed by atoms with Gasteiger partial charge in [0.2, 0.25) is 0 Å². The molecule has 1 saturated heterocycles. The summed E-state index contributed by atoms with van der Waals surface area (Å²) in [7, 11) is 0. The maximum absolute atomic E-state index is 12.2. The van der Waals surface area contributed by atoms with E-state index in [4.69, 9.17) is 9.26 Å². The monoisotopic (exact) mass is 303 g/mol. The van der Waals surface area contributed by atoms with Gasteiger partial charge in [-0.05, 0) is 19.8 Å². The summed E-state index contributed by atoms with van der Waals surface area (Å²) in [5.74, 6) is 0.998. The Bertz CT molecular complexity index is 622. The third-order valence-corrected chi connectivity index (χ3v) is 3.52. The topological polar surface area (TPSA) is 94.2 Å². The van der Waals surface area contributed by atoms with Crippen molar-refractivity contribution in [3.05, 3.63) is 36.0 Å². The normalized spacial score (nSPS) is 16.0. The Labute approximate surface area is 127 Å². The van der Waals surface area contributed by atoms with E-state index in [1.165, 1.54) is 12.4 Å². The minimum absolute atomic E-state index is 0.0842. The second kappa shape index (κ2) is 6.61. The van der Waals surface area contributed by atoms with Crippen LogP contribution >= 0.6 is 0 Å². The molecule has 2 aromatic heterocycles. The molecule has 0 radical (unpaired) electrons. The molecule has 8 heteroatoms. The van der Waals surface area contributed by atoms with Crippen LogP contribution in [0.25, 0.3) is 0 Å². The number of nitrogens with zero attached hydrogens (tertiary/aromatic N) is 5. The summed E-state index contributed by atoms with van der Waals surface area (Å²) in [6.45, 7) is 3.36. The zero-order chi connectivity index (χ0) is 15.4. The van der Waals surface area contributed by atoms with E-state index >= 15 is 0 Å². The van der Waals surface area contributed by atoms with Crippen LogP contribution in [0.3, 0.4) is 0 Å². The van der Waals surface area contributed by atoms with Crippen molar-refractivity contribution < 1.29 is 14.1 Å². The molecule has 0 saturated carbocycles. The largest absolute Gasteiger partial charge is 0.368 e. The molecule has 3 rings (SSSR count). The van der Waals surface area contributed by atoms with Gasteiger partial charge in [-0.2, -0.15) is 4.98 Å². The van der Waals surface area contributed by atoms with Crippen molar-refractivity contribution in [3.63, 3.8) is 0 Å². The summed E-state index contributed by atoms with van der Waals surface area (Å²) in [5, 5.41) is 3.72. The molecule has 1 aliphatic heterocycles. The zero-order valence-electron chi connectivity index (χ0n) is 12.3. The van der Waals surface area contributed by atoms with Crippen LogP contribution in [0.2, 0.25) is 0 Å². The number of hydrogen-bond acceptors (Lipinski definition) is 7. The lowest BCUT2D eigenvalue weighted by molar-refractivity contribution is -0.00989. The number of hydrogen-bond donors (Lipinski definition) is 0. The standard InChI is InChI=1S/C14H17N5O3/c1-10-17-13(22-18-10)9-21-11-2-6-19(7-3-11)14(20)12-8-15-4-5-16-12/h4-5,8,11H,2-3,6-7,9H2,1H3. The van der Waals surface area contributed by atoms with Crippen molar-refractivity contribution >= 4 is 5.91 Å². The summed E-state index contributed by atoms with van der Waals surface area (Å²) in [4.78, 5) is 26.1. The minimum Gasteiger partial charge on any atom is -0.368 e. The van der Waals surface area contributed by atoms with E-state index in [0.717, 1.165) is 12.8 Å². The van der Waals surface area contributed by atoms with Gasteiger partial charge in [0.05, 0.1) is 12.3 Å². The Kier molecular flexibility index (Phi) is 4.38. The third-order valence-electron chi connectivity index (χ3n) is 3.52. The summed E-state index contributed by atoms with van der Waals surface area (Å²) in [6, 6.07) is 0. The van der Waals surface area contributed by atoms with E-state index in [-0.39, 0.29) is 12.0 Å². The van der Waals surface area contributed by atoms with Gasteiger partial charge in [-0.3, -0.25) is 9.78 Å². The highest BCUT2D eigenvalue weighted by Crippen LogP contribution is 2.16.